The molecule has 32 heavy (non-hydrogen) atoms. The third-order valence-corrected chi connectivity index (χ3v) is 7.19. The van der Waals surface area contributed by atoms with Crippen molar-refractivity contribution in [2.75, 3.05) is 6.61 Å². The Morgan fingerprint density at radius 3 is 2.06 bits per heavy atom. The second kappa shape index (κ2) is 13.3. The van der Waals surface area contributed by atoms with E-state index in [4.69, 9.17) is 13.1 Å². The third kappa shape index (κ3) is 8.16. The van der Waals surface area contributed by atoms with E-state index < -0.39 is 22.6 Å². The minimum absolute atomic E-state index is 0.308. The van der Waals surface area contributed by atoms with E-state index in [0.717, 1.165) is 18.4 Å². The highest BCUT2D eigenvalue weighted by atomic mass is 32.3. The average Bonchev–Trinajstić information content (AvgIpc) is 3.39. The number of benzene rings is 1. The SMILES string of the molecule is CCCCCCCCCCCCCC[C@H]1OS(=O)(=O)O[C@H]1[C@@H]1COC(c2ccccc2)=N1. The fraction of sp³-hybridized carbons (Fsp3) is 0.720. The Morgan fingerprint density at radius 2 is 1.44 bits per heavy atom. The first-order chi connectivity index (χ1) is 15.6. The summed E-state index contributed by atoms with van der Waals surface area (Å²) in [4.78, 5) is 4.59. The molecule has 2 aliphatic rings. The van der Waals surface area contributed by atoms with Crippen LogP contribution >= 0.6 is 0 Å². The Morgan fingerprint density at radius 1 is 0.844 bits per heavy atom. The van der Waals surface area contributed by atoms with Gasteiger partial charge in [-0.25, -0.2) is 13.4 Å². The van der Waals surface area contributed by atoms with Gasteiger partial charge in [-0.1, -0.05) is 102 Å². The van der Waals surface area contributed by atoms with Crippen LogP contribution in [0, 0.1) is 0 Å². The number of ether oxygens (including phenoxy) is 1. The van der Waals surface area contributed by atoms with Gasteiger partial charge in [0.25, 0.3) is 0 Å². The van der Waals surface area contributed by atoms with Crippen LogP contribution in [0.1, 0.15) is 96.0 Å². The molecule has 0 bridgehead atoms. The Bertz CT molecular complexity index is 796. The van der Waals surface area contributed by atoms with E-state index >= 15 is 0 Å². The molecular weight excluding hydrogens is 426 g/mol. The Hall–Kier alpha value is -1.44. The standard InChI is InChI=1S/C25H39NO5S/c1-2-3-4-5-6-7-8-9-10-11-12-16-19-23-24(31-32(27,28)30-23)22-20-29-25(26-22)21-17-14-13-15-18-21/h13-15,17-18,22-24H,2-12,16,19-20H2,1H3/t22-,23+,24-/m0/s1. The van der Waals surface area contributed by atoms with Crippen LogP contribution < -0.4 is 0 Å². The molecule has 3 rings (SSSR count). The molecule has 3 atom stereocenters. The van der Waals surface area contributed by atoms with Crippen molar-refractivity contribution in [3.63, 3.8) is 0 Å². The minimum Gasteiger partial charge on any atom is -0.475 e. The molecule has 0 unspecified atom stereocenters. The van der Waals surface area contributed by atoms with Crippen molar-refractivity contribution < 1.29 is 21.5 Å². The van der Waals surface area contributed by atoms with E-state index in [1.54, 1.807) is 0 Å². The fourth-order valence-corrected chi connectivity index (χ4v) is 5.51. The summed E-state index contributed by atoms with van der Waals surface area (Å²) in [5.74, 6) is 0.535. The second-order valence-electron chi connectivity index (χ2n) is 8.96. The third-order valence-electron chi connectivity index (χ3n) is 6.25. The number of aliphatic imine (C=N–C) groups is 1. The van der Waals surface area contributed by atoms with Gasteiger partial charge < -0.3 is 4.74 Å². The lowest BCUT2D eigenvalue weighted by Gasteiger charge is -2.17. The highest BCUT2D eigenvalue weighted by Crippen LogP contribution is 2.31. The van der Waals surface area contributed by atoms with Crippen LogP contribution in [0.4, 0.5) is 0 Å². The molecule has 0 saturated carbocycles. The van der Waals surface area contributed by atoms with Crippen molar-refractivity contribution >= 4 is 16.3 Å². The van der Waals surface area contributed by atoms with Gasteiger partial charge in [-0.2, -0.15) is 8.42 Å². The zero-order valence-electron chi connectivity index (χ0n) is 19.4. The highest BCUT2D eigenvalue weighted by Gasteiger charge is 2.46. The van der Waals surface area contributed by atoms with Gasteiger partial charge in [-0.15, -0.1) is 0 Å². The molecule has 0 radical (unpaired) electrons. The first-order valence-corrected chi connectivity index (χ1v) is 13.8. The summed E-state index contributed by atoms with van der Waals surface area (Å²) in [5, 5.41) is 0. The van der Waals surface area contributed by atoms with Crippen molar-refractivity contribution in [3.05, 3.63) is 35.9 Å². The van der Waals surface area contributed by atoms with Crippen molar-refractivity contribution in [1.82, 2.24) is 0 Å². The maximum Gasteiger partial charge on any atom is 0.400 e. The normalized spacial score (nSPS) is 24.4. The molecule has 0 N–H and O–H groups in total. The van der Waals surface area contributed by atoms with Gasteiger partial charge in [0, 0.05) is 5.56 Å². The minimum atomic E-state index is -3.96. The lowest BCUT2D eigenvalue weighted by molar-refractivity contribution is 0.110. The molecule has 7 heteroatoms. The zero-order chi connectivity index (χ0) is 22.7. The van der Waals surface area contributed by atoms with E-state index in [0.29, 0.717) is 18.9 Å². The molecule has 180 valence electrons. The number of rotatable bonds is 15. The molecule has 1 fully saturated rings. The summed E-state index contributed by atoms with van der Waals surface area (Å²) in [6.45, 7) is 2.56. The van der Waals surface area contributed by atoms with Crippen LogP contribution in [0.5, 0.6) is 0 Å². The summed E-state index contributed by atoms with van der Waals surface area (Å²) >= 11 is 0. The van der Waals surface area contributed by atoms with Gasteiger partial charge in [0.2, 0.25) is 5.90 Å². The highest BCUT2D eigenvalue weighted by molar-refractivity contribution is 7.82. The molecule has 1 aromatic carbocycles. The number of unbranched alkanes of at least 4 members (excludes halogenated alkanes) is 11. The molecular formula is C25H39NO5S. The molecule has 0 aromatic heterocycles. The smallest absolute Gasteiger partial charge is 0.400 e. The molecule has 0 amide bonds. The summed E-state index contributed by atoms with van der Waals surface area (Å²) in [6, 6.07) is 9.25. The second-order valence-corrected chi connectivity index (χ2v) is 10.2. The van der Waals surface area contributed by atoms with Crippen LogP contribution in [0.3, 0.4) is 0 Å². The van der Waals surface area contributed by atoms with E-state index in [9.17, 15) is 8.42 Å². The van der Waals surface area contributed by atoms with Crippen LogP contribution in [0.25, 0.3) is 0 Å². The maximum absolute atomic E-state index is 11.9. The molecule has 1 saturated heterocycles. The zero-order valence-corrected chi connectivity index (χ0v) is 20.2. The van der Waals surface area contributed by atoms with Gasteiger partial charge in [0.05, 0.1) is 0 Å². The van der Waals surface area contributed by atoms with E-state index in [2.05, 4.69) is 11.9 Å². The summed E-state index contributed by atoms with van der Waals surface area (Å²) < 4.78 is 40.1. The molecule has 0 spiro atoms. The van der Waals surface area contributed by atoms with Gasteiger partial charge in [-0.05, 0) is 18.6 Å². The van der Waals surface area contributed by atoms with E-state index in [1.165, 1.54) is 64.2 Å². The molecule has 2 heterocycles. The lowest BCUT2D eigenvalue weighted by Crippen LogP contribution is -2.35. The Labute approximate surface area is 194 Å². The molecule has 6 nitrogen and oxygen atoms in total. The molecule has 0 aliphatic carbocycles. The largest absolute Gasteiger partial charge is 0.475 e. The predicted octanol–water partition coefficient (Wildman–Crippen LogP) is 5.95. The number of nitrogens with zero attached hydrogens (tertiary/aromatic N) is 1. The van der Waals surface area contributed by atoms with Crippen molar-refractivity contribution in [2.45, 2.75) is 109 Å². The van der Waals surface area contributed by atoms with Gasteiger partial charge in [-0.3, -0.25) is 0 Å². The first kappa shape index (κ1) is 25.2. The fourth-order valence-electron chi connectivity index (χ4n) is 4.43. The molecule has 2 aliphatic heterocycles. The van der Waals surface area contributed by atoms with Crippen LogP contribution in [0.15, 0.2) is 35.3 Å². The van der Waals surface area contributed by atoms with Crippen molar-refractivity contribution in [3.8, 4) is 0 Å². The topological polar surface area (TPSA) is 74.2 Å². The monoisotopic (exact) mass is 465 g/mol. The van der Waals surface area contributed by atoms with Crippen LogP contribution in [-0.2, 0) is 23.5 Å². The number of hydrogen-bond acceptors (Lipinski definition) is 6. The number of hydrogen-bond donors (Lipinski definition) is 0. The van der Waals surface area contributed by atoms with Crippen LogP contribution in [0.2, 0.25) is 0 Å². The van der Waals surface area contributed by atoms with Gasteiger partial charge in [0.1, 0.15) is 24.9 Å². The lowest BCUT2D eigenvalue weighted by atomic mass is 10.00. The quantitative estimate of drug-likeness (QED) is 0.299. The predicted molar refractivity (Wildman–Crippen MR) is 127 cm³/mol. The summed E-state index contributed by atoms with van der Waals surface area (Å²) in [7, 11) is -3.96. The maximum atomic E-state index is 11.9. The van der Waals surface area contributed by atoms with Gasteiger partial charge in [0.15, 0.2) is 0 Å². The Kier molecular flexibility index (Phi) is 10.5. The van der Waals surface area contributed by atoms with Crippen molar-refractivity contribution in [1.29, 1.82) is 0 Å². The Balaban J connectivity index is 1.34. The van der Waals surface area contributed by atoms with E-state index in [1.807, 2.05) is 30.3 Å². The average molecular weight is 466 g/mol. The first-order valence-electron chi connectivity index (χ1n) is 12.5. The van der Waals surface area contributed by atoms with Crippen molar-refractivity contribution in [2.24, 2.45) is 4.99 Å². The van der Waals surface area contributed by atoms with Gasteiger partial charge >= 0.3 is 10.4 Å². The van der Waals surface area contributed by atoms with Crippen LogP contribution in [-0.4, -0.2) is 39.2 Å². The van der Waals surface area contributed by atoms with E-state index in [-0.39, 0.29) is 6.04 Å². The molecule has 1 aromatic rings. The summed E-state index contributed by atoms with van der Waals surface area (Å²) in [5.41, 5.74) is 0.884. The summed E-state index contributed by atoms with van der Waals surface area (Å²) in [6.07, 6.45) is 14.8.